The Kier molecular flexibility index (Phi) is 5.67. The minimum atomic E-state index is -3.21. The molecule has 7 nitrogen and oxygen atoms in total. The van der Waals surface area contributed by atoms with E-state index < -0.39 is 10.0 Å². The zero-order chi connectivity index (χ0) is 17.2. The Hall–Kier alpha value is -1.15. The monoisotopic (exact) mass is 345 g/mol. The fourth-order valence-electron chi connectivity index (χ4n) is 3.36. The van der Waals surface area contributed by atoms with Crippen LogP contribution in [0, 0.1) is 11.8 Å². The summed E-state index contributed by atoms with van der Waals surface area (Å²) in [5.74, 6) is -0.0385. The zero-order valence-electron chi connectivity index (χ0n) is 14.1. The Balaban J connectivity index is 1.91. The molecule has 0 saturated carbocycles. The van der Waals surface area contributed by atoms with Gasteiger partial charge in [0.2, 0.25) is 21.8 Å². The van der Waals surface area contributed by atoms with Crippen LogP contribution in [0.25, 0.3) is 0 Å². The van der Waals surface area contributed by atoms with E-state index in [1.807, 2.05) is 13.8 Å². The highest BCUT2D eigenvalue weighted by Crippen LogP contribution is 2.25. The molecule has 0 bridgehead atoms. The second-order valence-corrected chi connectivity index (χ2v) is 8.79. The van der Waals surface area contributed by atoms with Gasteiger partial charge >= 0.3 is 0 Å². The number of nitrogens with zero attached hydrogens (tertiary/aromatic N) is 2. The maximum atomic E-state index is 12.7. The second kappa shape index (κ2) is 7.17. The van der Waals surface area contributed by atoms with Crippen molar-refractivity contribution in [1.29, 1.82) is 0 Å². The molecule has 23 heavy (non-hydrogen) atoms. The van der Waals surface area contributed by atoms with Crippen molar-refractivity contribution in [2.45, 2.75) is 39.2 Å². The molecule has 2 rings (SSSR count). The van der Waals surface area contributed by atoms with Crippen LogP contribution in [0.15, 0.2) is 0 Å². The molecule has 8 heteroatoms. The molecule has 2 fully saturated rings. The lowest BCUT2D eigenvalue weighted by molar-refractivity contribution is -0.137. The van der Waals surface area contributed by atoms with Gasteiger partial charge in [0.1, 0.15) is 0 Å². The van der Waals surface area contributed by atoms with Crippen LogP contribution in [-0.2, 0) is 19.6 Å². The van der Waals surface area contributed by atoms with E-state index in [-0.39, 0.29) is 29.7 Å². The summed E-state index contributed by atoms with van der Waals surface area (Å²) >= 11 is 0. The topological polar surface area (TPSA) is 86.8 Å². The van der Waals surface area contributed by atoms with E-state index in [2.05, 4.69) is 4.72 Å². The first kappa shape index (κ1) is 18.2. The van der Waals surface area contributed by atoms with Crippen molar-refractivity contribution in [3.63, 3.8) is 0 Å². The van der Waals surface area contributed by atoms with Gasteiger partial charge in [-0.15, -0.1) is 0 Å². The van der Waals surface area contributed by atoms with Crippen molar-refractivity contribution in [3.05, 3.63) is 0 Å². The summed E-state index contributed by atoms with van der Waals surface area (Å²) in [5, 5.41) is 0. The van der Waals surface area contributed by atoms with Crippen molar-refractivity contribution >= 4 is 21.8 Å². The molecule has 2 aliphatic rings. The third-order valence-electron chi connectivity index (χ3n) is 4.60. The van der Waals surface area contributed by atoms with Crippen molar-refractivity contribution < 1.29 is 18.0 Å². The van der Waals surface area contributed by atoms with Crippen molar-refractivity contribution in [2.75, 3.05) is 32.4 Å². The largest absolute Gasteiger partial charge is 0.342 e. The molecule has 2 saturated heterocycles. The Bertz CT molecular complexity index is 561. The van der Waals surface area contributed by atoms with Crippen LogP contribution in [0.1, 0.15) is 33.1 Å². The summed E-state index contributed by atoms with van der Waals surface area (Å²) in [5.41, 5.74) is 0. The average Bonchev–Trinajstić information content (AvgIpc) is 2.86. The molecule has 0 aromatic heterocycles. The van der Waals surface area contributed by atoms with Gasteiger partial charge in [-0.3, -0.25) is 9.59 Å². The van der Waals surface area contributed by atoms with Crippen LogP contribution < -0.4 is 4.72 Å². The molecule has 0 aromatic carbocycles. The van der Waals surface area contributed by atoms with E-state index in [4.69, 9.17) is 0 Å². The molecule has 0 aliphatic carbocycles. The van der Waals surface area contributed by atoms with Gasteiger partial charge in [0.15, 0.2) is 0 Å². The fraction of sp³-hybridized carbons (Fsp3) is 0.867. The number of hydrogen-bond donors (Lipinski definition) is 1. The average molecular weight is 345 g/mol. The van der Waals surface area contributed by atoms with E-state index in [0.717, 1.165) is 19.1 Å². The number of piperidine rings is 1. The van der Waals surface area contributed by atoms with Gasteiger partial charge in [-0.2, -0.15) is 0 Å². The Morgan fingerprint density at radius 2 is 2.04 bits per heavy atom. The first-order valence-electron chi connectivity index (χ1n) is 8.20. The highest BCUT2D eigenvalue weighted by molar-refractivity contribution is 7.88. The summed E-state index contributed by atoms with van der Waals surface area (Å²) < 4.78 is 24.9. The number of sulfonamides is 1. The number of nitrogens with one attached hydrogen (secondary N) is 1. The van der Waals surface area contributed by atoms with Crippen LogP contribution >= 0.6 is 0 Å². The SMILES string of the molecule is CC(C)N1CC(C(=O)N2CCCC(CNS(C)(=O)=O)C2)CC1=O. The maximum Gasteiger partial charge on any atom is 0.228 e. The van der Waals surface area contributed by atoms with Crippen LogP contribution in [0.2, 0.25) is 0 Å². The standard InChI is InChI=1S/C15H27N3O4S/c1-11(2)18-10-13(7-14(18)19)15(20)17-6-4-5-12(9-17)8-16-23(3,21)22/h11-13,16H,4-10H2,1-3H3. The molecule has 132 valence electrons. The first-order valence-corrected chi connectivity index (χ1v) is 10.1. The van der Waals surface area contributed by atoms with Crippen molar-refractivity contribution in [2.24, 2.45) is 11.8 Å². The van der Waals surface area contributed by atoms with Gasteiger partial charge < -0.3 is 9.80 Å². The predicted molar refractivity (Wildman–Crippen MR) is 87.1 cm³/mol. The zero-order valence-corrected chi connectivity index (χ0v) is 14.9. The predicted octanol–water partition coefficient (Wildman–Crippen LogP) is 0.0311. The number of hydrogen-bond acceptors (Lipinski definition) is 4. The van der Waals surface area contributed by atoms with Crippen LogP contribution in [0.3, 0.4) is 0 Å². The molecular formula is C15H27N3O4S. The van der Waals surface area contributed by atoms with Gasteiger partial charge in [0.25, 0.3) is 0 Å². The molecule has 0 radical (unpaired) electrons. The third-order valence-corrected chi connectivity index (χ3v) is 5.29. The third kappa shape index (κ3) is 4.91. The van der Waals surface area contributed by atoms with Gasteiger partial charge in [-0.1, -0.05) is 0 Å². The number of amides is 2. The maximum absolute atomic E-state index is 12.7. The highest BCUT2D eigenvalue weighted by Gasteiger charge is 2.38. The molecule has 2 aliphatic heterocycles. The van der Waals surface area contributed by atoms with E-state index in [9.17, 15) is 18.0 Å². The summed E-state index contributed by atoms with van der Waals surface area (Å²) in [6.07, 6.45) is 3.22. The minimum Gasteiger partial charge on any atom is -0.342 e. The quantitative estimate of drug-likeness (QED) is 0.762. The summed E-state index contributed by atoms with van der Waals surface area (Å²) in [6.45, 7) is 6.04. The lowest BCUT2D eigenvalue weighted by Crippen LogP contribution is -2.46. The Labute approximate surface area is 138 Å². The van der Waals surface area contributed by atoms with Crippen LogP contribution in [0.4, 0.5) is 0 Å². The molecular weight excluding hydrogens is 318 g/mol. The smallest absolute Gasteiger partial charge is 0.228 e. The van der Waals surface area contributed by atoms with Crippen molar-refractivity contribution in [1.82, 2.24) is 14.5 Å². The number of carbonyl (C=O) groups excluding carboxylic acids is 2. The molecule has 2 unspecified atom stereocenters. The number of carbonyl (C=O) groups is 2. The lowest BCUT2D eigenvalue weighted by atomic mass is 9.96. The van der Waals surface area contributed by atoms with E-state index in [0.29, 0.717) is 32.6 Å². The minimum absolute atomic E-state index is 0.0329. The molecule has 0 aromatic rings. The molecule has 2 atom stereocenters. The normalized spacial score (nSPS) is 26.2. The summed E-state index contributed by atoms with van der Waals surface area (Å²) in [4.78, 5) is 28.2. The van der Waals surface area contributed by atoms with E-state index >= 15 is 0 Å². The summed E-state index contributed by atoms with van der Waals surface area (Å²) in [7, 11) is -3.21. The van der Waals surface area contributed by atoms with Gasteiger partial charge in [-0.25, -0.2) is 13.1 Å². The molecule has 2 amide bonds. The van der Waals surface area contributed by atoms with Crippen LogP contribution in [-0.4, -0.2) is 68.5 Å². The molecule has 0 spiro atoms. The molecule has 2 heterocycles. The molecule has 1 N–H and O–H groups in total. The second-order valence-electron chi connectivity index (χ2n) is 6.95. The fourth-order valence-corrected chi connectivity index (χ4v) is 3.89. The first-order chi connectivity index (χ1) is 10.7. The van der Waals surface area contributed by atoms with Gasteiger partial charge in [-0.05, 0) is 32.6 Å². The Morgan fingerprint density at radius 1 is 1.35 bits per heavy atom. The number of likely N-dealkylation sites (tertiary alicyclic amines) is 2. The van der Waals surface area contributed by atoms with Gasteiger partial charge in [0.05, 0.1) is 12.2 Å². The highest BCUT2D eigenvalue weighted by atomic mass is 32.2. The summed E-state index contributed by atoms with van der Waals surface area (Å²) in [6, 6.07) is 0.119. The van der Waals surface area contributed by atoms with Crippen molar-refractivity contribution in [3.8, 4) is 0 Å². The van der Waals surface area contributed by atoms with E-state index in [1.54, 1.807) is 9.80 Å². The van der Waals surface area contributed by atoms with E-state index in [1.165, 1.54) is 0 Å². The lowest BCUT2D eigenvalue weighted by Gasteiger charge is -2.34. The van der Waals surface area contributed by atoms with Gasteiger partial charge in [0, 0.05) is 38.6 Å². The Morgan fingerprint density at radius 3 is 2.61 bits per heavy atom. The van der Waals surface area contributed by atoms with Crippen LogP contribution in [0.5, 0.6) is 0 Å². The number of rotatable bonds is 5.